The van der Waals surface area contributed by atoms with Crippen LogP contribution in [-0.4, -0.2) is 55.0 Å². The van der Waals surface area contributed by atoms with Crippen LogP contribution < -0.4 is 5.32 Å². The molecular formula is C17H25N3O. The van der Waals surface area contributed by atoms with Crippen molar-refractivity contribution >= 4 is 5.91 Å². The second-order valence-electron chi connectivity index (χ2n) is 6.40. The van der Waals surface area contributed by atoms with Gasteiger partial charge in [-0.05, 0) is 44.0 Å². The number of carbonyl (C=O) groups is 1. The highest BCUT2D eigenvalue weighted by Gasteiger charge is 2.29. The topological polar surface area (TPSA) is 35.6 Å². The van der Waals surface area contributed by atoms with E-state index < -0.39 is 0 Å². The summed E-state index contributed by atoms with van der Waals surface area (Å²) in [5, 5.41) is 3.39. The van der Waals surface area contributed by atoms with E-state index >= 15 is 0 Å². The maximum Gasteiger partial charge on any atom is 0.239 e. The molecule has 3 rings (SSSR count). The zero-order valence-electron chi connectivity index (χ0n) is 13.0. The number of likely N-dealkylation sites (tertiary alicyclic amines) is 1. The lowest BCUT2D eigenvalue weighted by Crippen LogP contribution is -2.50. The predicted molar refractivity (Wildman–Crippen MR) is 84.1 cm³/mol. The van der Waals surface area contributed by atoms with Gasteiger partial charge in [0.2, 0.25) is 5.91 Å². The summed E-state index contributed by atoms with van der Waals surface area (Å²) in [4.78, 5) is 16.9. The molecule has 0 aromatic heterocycles. The SMILES string of the molecule is CN(CC1CCCN1C)C(=O)[C@@H]1Cc2ccccc2CN1. The van der Waals surface area contributed by atoms with Crippen molar-refractivity contribution in [3.63, 3.8) is 0 Å². The van der Waals surface area contributed by atoms with Crippen LogP contribution in [-0.2, 0) is 17.8 Å². The van der Waals surface area contributed by atoms with Gasteiger partial charge >= 0.3 is 0 Å². The van der Waals surface area contributed by atoms with Crippen molar-refractivity contribution in [3.05, 3.63) is 35.4 Å². The second-order valence-corrected chi connectivity index (χ2v) is 6.40. The van der Waals surface area contributed by atoms with E-state index in [-0.39, 0.29) is 11.9 Å². The molecule has 114 valence electrons. The minimum Gasteiger partial charge on any atom is -0.343 e. The van der Waals surface area contributed by atoms with Crippen molar-refractivity contribution in [1.29, 1.82) is 0 Å². The van der Waals surface area contributed by atoms with Crippen LogP contribution in [0.1, 0.15) is 24.0 Å². The Morgan fingerprint density at radius 1 is 1.38 bits per heavy atom. The molecule has 2 aliphatic rings. The van der Waals surface area contributed by atoms with Crippen molar-refractivity contribution in [3.8, 4) is 0 Å². The second kappa shape index (κ2) is 6.16. The Labute approximate surface area is 127 Å². The van der Waals surface area contributed by atoms with E-state index in [9.17, 15) is 4.79 Å². The summed E-state index contributed by atoms with van der Waals surface area (Å²) >= 11 is 0. The molecule has 0 bridgehead atoms. The molecule has 2 aliphatic heterocycles. The Morgan fingerprint density at radius 2 is 2.14 bits per heavy atom. The van der Waals surface area contributed by atoms with Gasteiger partial charge in [-0.3, -0.25) is 4.79 Å². The van der Waals surface area contributed by atoms with Gasteiger partial charge in [-0.25, -0.2) is 0 Å². The minimum absolute atomic E-state index is 0.0726. The Kier molecular flexibility index (Phi) is 4.27. The minimum atomic E-state index is -0.0726. The zero-order valence-corrected chi connectivity index (χ0v) is 13.0. The number of likely N-dealkylation sites (N-methyl/N-ethyl adjacent to an activating group) is 2. The van der Waals surface area contributed by atoms with Gasteiger partial charge in [0.1, 0.15) is 0 Å². The van der Waals surface area contributed by atoms with E-state index in [2.05, 4.69) is 41.5 Å². The molecule has 1 amide bonds. The molecule has 1 saturated heterocycles. The van der Waals surface area contributed by atoms with Crippen LogP contribution in [0.5, 0.6) is 0 Å². The summed E-state index contributed by atoms with van der Waals surface area (Å²) in [7, 11) is 4.10. The van der Waals surface area contributed by atoms with Crippen LogP contribution in [0.15, 0.2) is 24.3 Å². The molecule has 2 atom stereocenters. The number of nitrogens with one attached hydrogen (secondary N) is 1. The highest BCUT2D eigenvalue weighted by Crippen LogP contribution is 2.19. The Balaban J connectivity index is 1.60. The van der Waals surface area contributed by atoms with Crippen LogP contribution in [0, 0.1) is 0 Å². The number of fused-ring (bicyclic) bond motifs is 1. The van der Waals surface area contributed by atoms with Gasteiger partial charge in [0.25, 0.3) is 0 Å². The number of carbonyl (C=O) groups excluding carboxylic acids is 1. The van der Waals surface area contributed by atoms with Gasteiger partial charge in [0, 0.05) is 26.2 Å². The van der Waals surface area contributed by atoms with Crippen molar-refractivity contribution in [2.24, 2.45) is 0 Å². The fourth-order valence-corrected chi connectivity index (χ4v) is 3.51. The molecule has 0 spiro atoms. The summed E-state index contributed by atoms with van der Waals surface area (Å²) in [5.41, 5.74) is 2.63. The van der Waals surface area contributed by atoms with E-state index in [0.717, 1.165) is 26.1 Å². The predicted octanol–water partition coefficient (Wildman–Crippen LogP) is 1.25. The van der Waals surface area contributed by atoms with Gasteiger partial charge in [-0.2, -0.15) is 0 Å². The molecule has 4 heteroatoms. The monoisotopic (exact) mass is 287 g/mol. The largest absolute Gasteiger partial charge is 0.343 e. The van der Waals surface area contributed by atoms with E-state index in [4.69, 9.17) is 0 Å². The van der Waals surface area contributed by atoms with Crippen LogP contribution in [0.25, 0.3) is 0 Å². The molecular weight excluding hydrogens is 262 g/mol. The summed E-state index contributed by atoms with van der Waals surface area (Å²) < 4.78 is 0. The standard InChI is InChI=1S/C17H25N3O/c1-19-9-5-8-15(19)12-20(2)17(21)16-10-13-6-3-4-7-14(13)11-18-16/h3-4,6-7,15-16,18H,5,8-12H2,1-2H3/t15?,16-/m0/s1. The van der Waals surface area contributed by atoms with E-state index in [1.165, 1.54) is 24.0 Å². The average molecular weight is 287 g/mol. The maximum atomic E-state index is 12.6. The van der Waals surface area contributed by atoms with Crippen LogP contribution in [0.2, 0.25) is 0 Å². The summed E-state index contributed by atoms with van der Waals surface area (Å²) in [6, 6.07) is 8.85. The fraction of sp³-hybridized carbons (Fsp3) is 0.588. The Bertz CT molecular complexity index is 517. The smallest absolute Gasteiger partial charge is 0.239 e. The molecule has 2 heterocycles. The van der Waals surface area contributed by atoms with Gasteiger partial charge in [0.05, 0.1) is 6.04 Å². The first-order chi connectivity index (χ1) is 10.1. The fourth-order valence-electron chi connectivity index (χ4n) is 3.51. The van der Waals surface area contributed by atoms with Gasteiger partial charge < -0.3 is 15.1 Å². The number of hydrogen-bond donors (Lipinski definition) is 1. The third kappa shape index (κ3) is 3.11. The number of benzene rings is 1. The first kappa shape index (κ1) is 14.5. The maximum absolute atomic E-state index is 12.6. The molecule has 1 aromatic rings. The van der Waals surface area contributed by atoms with Gasteiger partial charge in [-0.1, -0.05) is 24.3 Å². The number of amides is 1. The Hall–Kier alpha value is -1.39. The molecule has 0 radical (unpaired) electrons. The molecule has 21 heavy (non-hydrogen) atoms. The third-order valence-electron chi connectivity index (χ3n) is 4.91. The highest BCUT2D eigenvalue weighted by molar-refractivity contribution is 5.82. The molecule has 4 nitrogen and oxygen atoms in total. The molecule has 0 aliphatic carbocycles. The van der Waals surface area contributed by atoms with Gasteiger partial charge in [-0.15, -0.1) is 0 Å². The van der Waals surface area contributed by atoms with Crippen LogP contribution in [0.4, 0.5) is 0 Å². The lowest BCUT2D eigenvalue weighted by Gasteiger charge is -2.31. The highest BCUT2D eigenvalue weighted by atomic mass is 16.2. The summed E-state index contributed by atoms with van der Waals surface area (Å²) in [6.45, 7) is 2.79. The average Bonchev–Trinajstić information content (AvgIpc) is 2.91. The van der Waals surface area contributed by atoms with Crippen LogP contribution >= 0.6 is 0 Å². The van der Waals surface area contributed by atoms with Crippen molar-refractivity contribution in [2.45, 2.75) is 37.9 Å². The van der Waals surface area contributed by atoms with Gasteiger partial charge in [0.15, 0.2) is 0 Å². The lowest BCUT2D eigenvalue weighted by molar-refractivity contribution is -0.132. The van der Waals surface area contributed by atoms with E-state index in [0.29, 0.717) is 6.04 Å². The third-order valence-corrected chi connectivity index (χ3v) is 4.91. The zero-order chi connectivity index (χ0) is 14.8. The lowest BCUT2D eigenvalue weighted by atomic mass is 9.95. The number of nitrogens with zero attached hydrogens (tertiary/aromatic N) is 2. The Morgan fingerprint density at radius 3 is 2.86 bits per heavy atom. The summed E-state index contributed by atoms with van der Waals surface area (Å²) in [6.07, 6.45) is 3.26. The molecule has 0 saturated carbocycles. The summed E-state index contributed by atoms with van der Waals surface area (Å²) in [5.74, 6) is 0.227. The first-order valence-corrected chi connectivity index (χ1v) is 7.90. The van der Waals surface area contributed by atoms with Crippen LogP contribution in [0.3, 0.4) is 0 Å². The molecule has 1 N–H and O–H groups in total. The van der Waals surface area contributed by atoms with Crippen molar-refractivity contribution < 1.29 is 4.79 Å². The van der Waals surface area contributed by atoms with Crippen molar-refractivity contribution in [1.82, 2.24) is 15.1 Å². The molecule has 1 aromatic carbocycles. The quantitative estimate of drug-likeness (QED) is 0.909. The number of rotatable bonds is 3. The number of hydrogen-bond acceptors (Lipinski definition) is 3. The molecule has 1 unspecified atom stereocenters. The normalized spacial score (nSPS) is 25.6. The van der Waals surface area contributed by atoms with E-state index in [1.807, 2.05) is 11.9 Å². The molecule has 1 fully saturated rings. The van der Waals surface area contributed by atoms with E-state index in [1.54, 1.807) is 0 Å². The first-order valence-electron chi connectivity index (χ1n) is 7.90. The van der Waals surface area contributed by atoms with Crippen molar-refractivity contribution in [2.75, 3.05) is 27.2 Å².